The van der Waals surface area contributed by atoms with E-state index in [1.54, 1.807) is 0 Å². The molecule has 0 saturated heterocycles. The monoisotopic (exact) mass is 351 g/mol. The van der Waals surface area contributed by atoms with E-state index in [0.29, 0.717) is 6.04 Å². The molecule has 0 spiro atoms. The molecule has 2 aromatic carbocycles. The van der Waals surface area contributed by atoms with E-state index < -0.39 is 0 Å². The van der Waals surface area contributed by atoms with E-state index in [1.165, 1.54) is 14.8 Å². The summed E-state index contributed by atoms with van der Waals surface area (Å²) in [4.78, 5) is 0. The zero-order valence-electron chi connectivity index (χ0n) is 10.6. The Morgan fingerprint density at radius 2 is 1.83 bits per heavy atom. The van der Waals surface area contributed by atoms with E-state index in [0.717, 1.165) is 12.8 Å². The average Bonchev–Trinajstić information content (AvgIpc) is 2.38. The van der Waals surface area contributed by atoms with Crippen LogP contribution in [0.15, 0.2) is 54.6 Å². The van der Waals surface area contributed by atoms with Gasteiger partial charge in [-0.05, 0) is 66.1 Å². The van der Waals surface area contributed by atoms with Crippen LogP contribution in [0.2, 0.25) is 0 Å². The van der Waals surface area contributed by atoms with Crippen LogP contribution in [-0.4, -0.2) is 6.04 Å². The van der Waals surface area contributed by atoms with Gasteiger partial charge in [-0.15, -0.1) is 0 Å². The molecule has 0 amide bonds. The van der Waals surface area contributed by atoms with Gasteiger partial charge in [-0.25, -0.2) is 0 Å². The summed E-state index contributed by atoms with van der Waals surface area (Å²) in [6.07, 6.45) is 2.27. The van der Waals surface area contributed by atoms with Crippen LogP contribution in [0.1, 0.15) is 18.9 Å². The lowest BCUT2D eigenvalue weighted by Gasteiger charge is -2.15. The maximum Gasteiger partial charge on any atom is 0.0352 e. The molecule has 1 atom stereocenters. The van der Waals surface area contributed by atoms with E-state index in [1.807, 2.05) is 0 Å². The quantitative estimate of drug-likeness (QED) is 0.769. The summed E-state index contributed by atoms with van der Waals surface area (Å²) in [5, 5.41) is 3.55. The Bertz CT molecular complexity index is 481. The third-order valence-corrected chi connectivity index (χ3v) is 3.62. The second-order valence-corrected chi connectivity index (χ2v) is 5.83. The number of nitrogens with one attached hydrogen (secondary N) is 1. The van der Waals surface area contributed by atoms with Gasteiger partial charge in [-0.1, -0.05) is 36.4 Å². The number of benzene rings is 2. The second-order valence-electron chi connectivity index (χ2n) is 4.58. The van der Waals surface area contributed by atoms with Gasteiger partial charge in [-0.3, -0.25) is 0 Å². The van der Waals surface area contributed by atoms with Gasteiger partial charge in [0.15, 0.2) is 0 Å². The zero-order chi connectivity index (χ0) is 12.8. The van der Waals surface area contributed by atoms with E-state index in [9.17, 15) is 0 Å². The number of anilines is 1. The van der Waals surface area contributed by atoms with E-state index in [4.69, 9.17) is 0 Å². The molecule has 0 bridgehead atoms. The Kier molecular flexibility index (Phi) is 5.05. The topological polar surface area (TPSA) is 12.0 Å². The van der Waals surface area contributed by atoms with Crippen molar-refractivity contribution in [3.63, 3.8) is 0 Å². The summed E-state index contributed by atoms with van der Waals surface area (Å²) < 4.78 is 1.27. The Morgan fingerprint density at radius 1 is 1.06 bits per heavy atom. The molecule has 0 aliphatic heterocycles. The van der Waals surface area contributed by atoms with Crippen molar-refractivity contribution in [2.75, 3.05) is 5.32 Å². The molecule has 2 aromatic rings. The molecular formula is C16H18IN. The van der Waals surface area contributed by atoms with Gasteiger partial charge >= 0.3 is 0 Å². The first-order chi connectivity index (χ1) is 8.74. The van der Waals surface area contributed by atoms with Crippen LogP contribution in [0.3, 0.4) is 0 Å². The van der Waals surface area contributed by atoms with Gasteiger partial charge in [0.25, 0.3) is 0 Å². The highest BCUT2D eigenvalue weighted by atomic mass is 127. The largest absolute Gasteiger partial charge is 0.383 e. The number of hydrogen-bond donors (Lipinski definition) is 1. The highest BCUT2D eigenvalue weighted by Crippen LogP contribution is 2.15. The lowest BCUT2D eigenvalue weighted by molar-refractivity contribution is 0.706. The Hall–Kier alpha value is -1.03. The Balaban J connectivity index is 1.84. The molecule has 0 radical (unpaired) electrons. The summed E-state index contributed by atoms with van der Waals surface area (Å²) in [5.41, 5.74) is 2.62. The number of halogens is 1. The molecule has 18 heavy (non-hydrogen) atoms. The summed E-state index contributed by atoms with van der Waals surface area (Å²) in [5.74, 6) is 0. The van der Waals surface area contributed by atoms with Gasteiger partial charge in [0, 0.05) is 15.3 Å². The van der Waals surface area contributed by atoms with E-state index in [2.05, 4.69) is 89.4 Å². The summed E-state index contributed by atoms with van der Waals surface area (Å²) in [6.45, 7) is 2.24. The van der Waals surface area contributed by atoms with Gasteiger partial charge < -0.3 is 5.32 Å². The molecule has 0 saturated carbocycles. The third kappa shape index (κ3) is 4.33. The van der Waals surface area contributed by atoms with E-state index >= 15 is 0 Å². The van der Waals surface area contributed by atoms with Crippen molar-refractivity contribution in [3.05, 3.63) is 63.7 Å². The van der Waals surface area contributed by atoms with Crippen LogP contribution in [0, 0.1) is 3.57 Å². The third-order valence-electron chi connectivity index (χ3n) is 2.95. The lowest BCUT2D eigenvalue weighted by Crippen LogP contribution is -2.15. The van der Waals surface area contributed by atoms with Crippen molar-refractivity contribution >= 4 is 28.3 Å². The van der Waals surface area contributed by atoms with Crippen molar-refractivity contribution in [1.82, 2.24) is 0 Å². The van der Waals surface area contributed by atoms with Crippen molar-refractivity contribution in [2.24, 2.45) is 0 Å². The summed E-state index contributed by atoms with van der Waals surface area (Å²) >= 11 is 2.34. The minimum Gasteiger partial charge on any atom is -0.383 e. The number of aryl methyl sites for hydroxylation is 1. The Morgan fingerprint density at radius 3 is 2.56 bits per heavy atom. The molecule has 0 aliphatic carbocycles. The first-order valence-electron chi connectivity index (χ1n) is 6.30. The van der Waals surface area contributed by atoms with Crippen LogP contribution in [-0.2, 0) is 6.42 Å². The molecule has 2 rings (SSSR count). The fourth-order valence-corrected chi connectivity index (χ4v) is 2.51. The van der Waals surface area contributed by atoms with Crippen molar-refractivity contribution in [2.45, 2.75) is 25.8 Å². The minimum absolute atomic E-state index is 0.489. The molecule has 2 heteroatoms. The molecule has 0 aliphatic rings. The van der Waals surface area contributed by atoms with Crippen molar-refractivity contribution in [3.8, 4) is 0 Å². The first kappa shape index (κ1) is 13.4. The highest BCUT2D eigenvalue weighted by Gasteiger charge is 2.02. The van der Waals surface area contributed by atoms with Gasteiger partial charge in [-0.2, -0.15) is 0 Å². The maximum atomic E-state index is 3.55. The molecule has 0 aromatic heterocycles. The minimum atomic E-state index is 0.489. The van der Waals surface area contributed by atoms with Gasteiger partial charge in [0.05, 0.1) is 0 Å². The highest BCUT2D eigenvalue weighted by molar-refractivity contribution is 14.1. The smallest absolute Gasteiger partial charge is 0.0352 e. The molecule has 0 fully saturated rings. The SMILES string of the molecule is CC(CCc1ccccc1)Nc1cccc(I)c1. The van der Waals surface area contributed by atoms with Gasteiger partial charge in [0.2, 0.25) is 0 Å². The molecule has 1 nitrogen and oxygen atoms in total. The molecule has 94 valence electrons. The van der Waals surface area contributed by atoms with Gasteiger partial charge in [0.1, 0.15) is 0 Å². The summed E-state index contributed by atoms with van der Waals surface area (Å²) in [6, 6.07) is 19.7. The van der Waals surface area contributed by atoms with Crippen LogP contribution in [0.5, 0.6) is 0 Å². The second kappa shape index (κ2) is 6.78. The maximum absolute atomic E-state index is 3.55. The standard InChI is InChI=1S/C16H18IN/c1-13(10-11-14-6-3-2-4-7-14)18-16-9-5-8-15(17)12-16/h2-9,12-13,18H,10-11H2,1H3. The molecule has 1 unspecified atom stereocenters. The van der Waals surface area contributed by atoms with Crippen LogP contribution >= 0.6 is 22.6 Å². The zero-order valence-corrected chi connectivity index (χ0v) is 12.7. The van der Waals surface area contributed by atoms with Crippen LogP contribution in [0.25, 0.3) is 0 Å². The first-order valence-corrected chi connectivity index (χ1v) is 7.38. The molecule has 1 N–H and O–H groups in total. The van der Waals surface area contributed by atoms with Crippen molar-refractivity contribution in [1.29, 1.82) is 0 Å². The average molecular weight is 351 g/mol. The lowest BCUT2D eigenvalue weighted by atomic mass is 10.1. The van der Waals surface area contributed by atoms with Crippen LogP contribution in [0.4, 0.5) is 5.69 Å². The van der Waals surface area contributed by atoms with Crippen molar-refractivity contribution < 1.29 is 0 Å². The number of rotatable bonds is 5. The Labute approximate surface area is 123 Å². The molecule has 0 heterocycles. The summed E-state index contributed by atoms with van der Waals surface area (Å²) in [7, 11) is 0. The molecular weight excluding hydrogens is 333 g/mol. The predicted octanol–water partition coefficient (Wildman–Crippen LogP) is 4.72. The number of hydrogen-bond acceptors (Lipinski definition) is 1. The normalized spacial score (nSPS) is 12.1. The fourth-order valence-electron chi connectivity index (χ4n) is 1.96. The van der Waals surface area contributed by atoms with Crippen LogP contribution < -0.4 is 5.32 Å². The fraction of sp³-hybridized carbons (Fsp3) is 0.250. The predicted molar refractivity (Wildman–Crippen MR) is 87.0 cm³/mol. The van der Waals surface area contributed by atoms with E-state index in [-0.39, 0.29) is 0 Å².